The van der Waals surface area contributed by atoms with Crippen LogP contribution in [0.4, 0.5) is 0 Å². The molecule has 1 aromatic carbocycles. The molecule has 4 heteroatoms. The SMILES string of the molecule is COc1c(C)cc(C)cc1-c1coc(CN)n1. The summed E-state index contributed by atoms with van der Waals surface area (Å²) in [5, 5.41) is 0. The first-order valence-corrected chi connectivity index (χ1v) is 5.45. The Morgan fingerprint density at radius 2 is 2.12 bits per heavy atom. The van der Waals surface area contributed by atoms with Crippen molar-refractivity contribution >= 4 is 0 Å². The van der Waals surface area contributed by atoms with Gasteiger partial charge in [-0.2, -0.15) is 0 Å². The number of hydrogen-bond acceptors (Lipinski definition) is 4. The van der Waals surface area contributed by atoms with E-state index in [0.29, 0.717) is 12.4 Å². The van der Waals surface area contributed by atoms with Crippen molar-refractivity contribution in [3.8, 4) is 17.0 Å². The summed E-state index contributed by atoms with van der Waals surface area (Å²) in [6.45, 7) is 4.35. The van der Waals surface area contributed by atoms with E-state index in [-0.39, 0.29) is 0 Å². The number of nitrogens with zero attached hydrogens (tertiary/aromatic N) is 1. The van der Waals surface area contributed by atoms with Crippen LogP contribution in [0.1, 0.15) is 17.0 Å². The van der Waals surface area contributed by atoms with Gasteiger partial charge in [0.05, 0.1) is 13.7 Å². The third kappa shape index (κ3) is 2.17. The summed E-state index contributed by atoms with van der Waals surface area (Å²) in [6, 6.07) is 4.11. The second kappa shape index (κ2) is 4.59. The molecule has 0 amide bonds. The topological polar surface area (TPSA) is 61.3 Å². The van der Waals surface area contributed by atoms with Gasteiger partial charge in [0.1, 0.15) is 17.7 Å². The van der Waals surface area contributed by atoms with Crippen molar-refractivity contribution in [1.29, 1.82) is 0 Å². The number of aryl methyl sites for hydroxylation is 2. The lowest BCUT2D eigenvalue weighted by Crippen LogP contribution is -1.96. The fourth-order valence-corrected chi connectivity index (χ4v) is 1.94. The Morgan fingerprint density at radius 3 is 2.71 bits per heavy atom. The molecule has 0 aliphatic heterocycles. The highest BCUT2D eigenvalue weighted by molar-refractivity contribution is 5.69. The Balaban J connectivity index is 2.57. The third-order valence-corrected chi connectivity index (χ3v) is 2.63. The molecule has 0 saturated heterocycles. The van der Waals surface area contributed by atoms with Crippen molar-refractivity contribution in [2.45, 2.75) is 20.4 Å². The Morgan fingerprint density at radius 1 is 1.35 bits per heavy atom. The molecule has 0 atom stereocenters. The van der Waals surface area contributed by atoms with Crippen molar-refractivity contribution < 1.29 is 9.15 Å². The maximum atomic E-state index is 5.48. The van der Waals surface area contributed by atoms with E-state index in [1.165, 1.54) is 0 Å². The zero-order valence-electron chi connectivity index (χ0n) is 10.3. The van der Waals surface area contributed by atoms with E-state index in [0.717, 1.165) is 28.1 Å². The standard InChI is InChI=1S/C13H16N2O2/c1-8-4-9(2)13(16-3)10(5-8)11-7-17-12(6-14)15-11/h4-5,7H,6,14H2,1-3H3. The van der Waals surface area contributed by atoms with Gasteiger partial charge in [0.25, 0.3) is 0 Å². The zero-order valence-corrected chi connectivity index (χ0v) is 10.3. The highest BCUT2D eigenvalue weighted by atomic mass is 16.5. The molecule has 2 N–H and O–H groups in total. The minimum absolute atomic E-state index is 0.299. The number of oxazole rings is 1. The molecule has 0 radical (unpaired) electrons. The fourth-order valence-electron chi connectivity index (χ4n) is 1.94. The number of hydrogen-bond donors (Lipinski definition) is 1. The van der Waals surface area contributed by atoms with E-state index in [2.05, 4.69) is 11.1 Å². The van der Waals surface area contributed by atoms with E-state index < -0.39 is 0 Å². The number of nitrogens with two attached hydrogens (primary N) is 1. The molecule has 0 aliphatic rings. The smallest absolute Gasteiger partial charge is 0.208 e. The molecule has 4 nitrogen and oxygen atoms in total. The van der Waals surface area contributed by atoms with Gasteiger partial charge in [-0.05, 0) is 31.0 Å². The van der Waals surface area contributed by atoms with Crippen LogP contribution in [0, 0.1) is 13.8 Å². The Bertz CT molecular complexity index is 532. The molecule has 2 aromatic rings. The Hall–Kier alpha value is -1.81. The predicted octanol–water partition coefficient (Wildman–Crippen LogP) is 2.43. The molecular weight excluding hydrogens is 216 g/mol. The summed E-state index contributed by atoms with van der Waals surface area (Å²) in [4.78, 5) is 4.32. The van der Waals surface area contributed by atoms with Crippen molar-refractivity contribution in [3.63, 3.8) is 0 Å². The molecule has 90 valence electrons. The molecular formula is C13H16N2O2. The normalized spacial score (nSPS) is 10.6. The zero-order chi connectivity index (χ0) is 12.4. The summed E-state index contributed by atoms with van der Waals surface area (Å²) in [5.41, 5.74) is 9.43. The van der Waals surface area contributed by atoms with Crippen molar-refractivity contribution in [1.82, 2.24) is 4.98 Å². The summed E-state index contributed by atoms with van der Waals surface area (Å²) < 4.78 is 10.7. The Labute approximate surface area is 100 Å². The van der Waals surface area contributed by atoms with E-state index >= 15 is 0 Å². The van der Waals surface area contributed by atoms with Crippen LogP contribution in [0.3, 0.4) is 0 Å². The largest absolute Gasteiger partial charge is 0.496 e. The summed E-state index contributed by atoms with van der Waals surface area (Å²) in [5.74, 6) is 1.36. The number of rotatable bonds is 3. The van der Waals surface area contributed by atoms with Gasteiger partial charge in [-0.15, -0.1) is 0 Å². The van der Waals surface area contributed by atoms with Crippen LogP contribution in [0.25, 0.3) is 11.3 Å². The first-order chi connectivity index (χ1) is 8.15. The Kier molecular flexibility index (Phi) is 3.15. The number of methoxy groups -OCH3 is 1. The van der Waals surface area contributed by atoms with E-state index in [1.54, 1.807) is 13.4 Å². The number of aromatic nitrogens is 1. The molecule has 0 unspecified atom stereocenters. The van der Waals surface area contributed by atoms with Gasteiger partial charge in [-0.1, -0.05) is 6.07 Å². The summed E-state index contributed by atoms with van der Waals surface area (Å²) >= 11 is 0. The quantitative estimate of drug-likeness (QED) is 0.882. The second-order valence-corrected chi connectivity index (χ2v) is 3.99. The van der Waals surface area contributed by atoms with Crippen LogP contribution in [-0.4, -0.2) is 12.1 Å². The molecule has 1 aromatic heterocycles. The second-order valence-electron chi connectivity index (χ2n) is 3.99. The van der Waals surface area contributed by atoms with Gasteiger partial charge in [-0.3, -0.25) is 0 Å². The molecule has 0 aliphatic carbocycles. The summed E-state index contributed by atoms with van der Waals surface area (Å²) in [6.07, 6.45) is 1.61. The first-order valence-electron chi connectivity index (χ1n) is 5.45. The molecule has 0 fully saturated rings. The minimum Gasteiger partial charge on any atom is -0.496 e. The average molecular weight is 232 g/mol. The van der Waals surface area contributed by atoms with E-state index in [1.807, 2.05) is 19.9 Å². The van der Waals surface area contributed by atoms with Gasteiger partial charge in [0.15, 0.2) is 0 Å². The number of benzene rings is 1. The molecule has 0 bridgehead atoms. The number of ether oxygens (including phenoxy) is 1. The van der Waals surface area contributed by atoms with Crippen molar-refractivity contribution in [2.75, 3.05) is 7.11 Å². The van der Waals surface area contributed by atoms with E-state index in [4.69, 9.17) is 14.9 Å². The van der Waals surface area contributed by atoms with Gasteiger partial charge in [0.2, 0.25) is 5.89 Å². The van der Waals surface area contributed by atoms with Crippen molar-refractivity contribution in [2.24, 2.45) is 5.73 Å². The van der Waals surface area contributed by atoms with E-state index in [9.17, 15) is 0 Å². The van der Waals surface area contributed by atoms with Crippen LogP contribution in [0.2, 0.25) is 0 Å². The summed E-state index contributed by atoms with van der Waals surface area (Å²) in [7, 11) is 1.66. The molecule has 17 heavy (non-hydrogen) atoms. The minimum atomic E-state index is 0.299. The third-order valence-electron chi connectivity index (χ3n) is 2.63. The molecule has 0 spiro atoms. The molecule has 1 heterocycles. The van der Waals surface area contributed by atoms with Crippen LogP contribution in [0.5, 0.6) is 5.75 Å². The first kappa shape index (κ1) is 11.7. The van der Waals surface area contributed by atoms with Crippen LogP contribution >= 0.6 is 0 Å². The lowest BCUT2D eigenvalue weighted by molar-refractivity contribution is 0.413. The van der Waals surface area contributed by atoms with Crippen LogP contribution in [0.15, 0.2) is 22.8 Å². The lowest BCUT2D eigenvalue weighted by Gasteiger charge is -2.10. The maximum Gasteiger partial charge on any atom is 0.208 e. The predicted molar refractivity (Wildman–Crippen MR) is 65.9 cm³/mol. The molecule has 0 saturated carbocycles. The fraction of sp³-hybridized carbons (Fsp3) is 0.308. The monoisotopic (exact) mass is 232 g/mol. The highest BCUT2D eigenvalue weighted by Crippen LogP contribution is 2.33. The van der Waals surface area contributed by atoms with Gasteiger partial charge in [-0.25, -0.2) is 4.98 Å². The molecule has 2 rings (SSSR count). The van der Waals surface area contributed by atoms with Crippen LogP contribution < -0.4 is 10.5 Å². The van der Waals surface area contributed by atoms with Crippen LogP contribution in [-0.2, 0) is 6.54 Å². The lowest BCUT2D eigenvalue weighted by atomic mass is 10.0. The van der Waals surface area contributed by atoms with Gasteiger partial charge in [0, 0.05) is 5.56 Å². The highest BCUT2D eigenvalue weighted by Gasteiger charge is 2.13. The van der Waals surface area contributed by atoms with Gasteiger partial charge < -0.3 is 14.9 Å². The van der Waals surface area contributed by atoms with Gasteiger partial charge >= 0.3 is 0 Å². The van der Waals surface area contributed by atoms with Crippen molar-refractivity contribution in [3.05, 3.63) is 35.4 Å². The average Bonchev–Trinajstić information content (AvgIpc) is 2.76. The maximum absolute atomic E-state index is 5.48.